The topological polar surface area (TPSA) is 26.3 Å². The Morgan fingerprint density at radius 2 is 1.88 bits per heavy atom. The molecule has 0 rings (SSSR count). The largest absolute Gasteiger partial charge is 0.466 e. The van der Waals surface area contributed by atoms with Gasteiger partial charge in [-0.3, -0.25) is 4.79 Å². The third-order valence-electron chi connectivity index (χ3n) is 2.61. The van der Waals surface area contributed by atoms with Crippen molar-refractivity contribution in [3.63, 3.8) is 0 Å². The van der Waals surface area contributed by atoms with Crippen molar-refractivity contribution in [1.82, 2.24) is 0 Å². The van der Waals surface area contributed by atoms with Crippen molar-refractivity contribution in [1.29, 1.82) is 0 Å². The molecule has 0 bridgehead atoms. The Kier molecular flexibility index (Phi) is 8.97. The molecule has 0 fully saturated rings. The Balaban J connectivity index is 3.33. The smallest absolute Gasteiger partial charge is 0.302 e. The number of hydrogen-bond donors (Lipinski definition) is 0. The molecule has 0 aromatic heterocycles. The number of allylic oxidation sites excluding steroid dienone is 2. The molecule has 0 aromatic rings. The summed E-state index contributed by atoms with van der Waals surface area (Å²) >= 11 is 0. The SMILES string of the molecule is CC(=O)OCCCC[C@H](C)CCC=C(C)C. The first-order valence-corrected chi connectivity index (χ1v) is 6.29. The Morgan fingerprint density at radius 1 is 1.19 bits per heavy atom. The molecule has 0 radical (unpaired) electrons. The van der Waals surface area contributed by atoms with Crippen molar-refractivity contribution in [3.8, 4) is 0 Å². The maximum atomic E-state index is 10.5. The van der Waals surface area contributed by atoms with Crippen LogP contribution in [0, 0.1) is 5.92 Å². The highest BCUT2D eigenvalue weighted by molar-refractivity contribution is 5.65. The van der Waals surface area contributed by atoms with Crippen LogP contribution < -0.4 is 0 Å². The second-order valence-corrected chi connectivity index (χ2v) is 4.80. The molecule has 1 atom stereocenters. The van der Waals surface area contributed by atoms with Gasteiger partial charge in [-0.1, -0.05) is 25.0 Å². The Morgan fingerprint density at radius 3 is 2.44 bits per heavy atom. The first kappa shape index (κ1) is 15.2. The molecule has 0 unspecified atom stereocenters. The lowest BCUT2D eigenvalue weighted by Gasteiger charge is -2.09. The molecule has 2 heteroatoms. The van der Waals surface area contributed by atoms with E-state index in [-0.39, 0.29) is 5.97 Å². The summed E-state index contributed by atoms with van der Waals surface area (Å²) in [5, 5.41) is 0. The van der Waals surface area contributed by atoms with Gasteiger partial charge in [0, 0.05) is 6.92 Å². The van der Waals surface area contributed by atoms with E-state index in [1.54, 1.807) is 0 Å². The molecule has 0 aliphatic rings. The lowest BCUT2D eigenvalue weighted by Crippen LogP contribution is -2.01. The van der Waals surface area contributed by atoms with Crippen LogP contribution >= 0.6 is 0 Å². The number of carbonyl (C=O) groups excluding carboxylic acids is 1. The Labute approximate surface area is 100 Å². The first-order valence-electron chi connectivity index (χ1n) is 6.29. The summed E-state index contributed by atoms with van der Waals surface area (Å²) in [5.41, 5.74) is 1.40. The highest BCUT2D eigenvalue weighted by Crippen LogP contribution is 2.14. The van der Waals surface area contributed by atoms with Crippen molar-refractivity contribution >= 4 is 5.97 Å². The van der Waals surface area contributed by atoms with E-state index < -0.39 is 0 Å². The van der Waals surface area contributed by atoms with E-state index in [1.165, 1.54) is 31.8 Å². The summed E-state index contributed by atoms with van der Waals surface area (Å²) in [7, 11) is 0. The summed E-state index contributed by atoms with van der Waals surface area (Å²) in [5.74, 6) is 0.601. The minimum atomic E-state index is -0.170. The van der Waals surface area contributed by atoms with Crippen molar-refractivity contribution in [2.45, 2.75) is 59.8 Å². The van der Waals surface area contributed by atoms with Crippen molar-refractivity contribution in [2.24, 2.45) is 5.92 Å². The minimum Gasteiger partial charge on any atom is -0.466 e. The molecule has 0 saturated carbocycles. The fourth-order valence-corrected chi connectivity index (χ4v) is 1.61. The van der Waals surface area contributed by atoms with Crippen molar-refractivity contribution in [2.75, 3.05) is 6.61 Å². The van der Waals surface area contributed by atoms with Gasteiger partial charge < -0.3 is 4.74 Å². The lowest BCUT2D eigenvalue weighted by molar-refractivity contribution is -0.141. The number of ether oxygens (including phenoxy) is 1. The fourth-order valence-electron chi connectivity index (χ4n) is 1.61. The summed E-state index contributed by atoms with van der Waals surface area (Å²) in [4.78, 5) is 10.5. The van der Waals surface area contributed by atoms with Crippen LogP contribution in [0.15, 0.2) is 11.6 Å². The molecule has 2 nitrogen and oxygen atoms in total. The predicted octanol–water partition coefficient (Wildman–Crippen LogP) is 4.10. The van der Waals surface area contributed by atoms with Gasteiger partial charge in [-0.15, -0.1) is 0 Å². The van der Waals surface area contributed by atoms with Gasteiger partial charge in [-0.25, -0.2) is 0 Å². The van der Waals surface area contributed by atoms with Crippen LogP contribution in [-0.4, -0.2) is 12.6 Å². The zero-order chi connectivity index (χ0) is 12.4. The third-order valence-corrected chi connectivity index (χ3v) is 2.61. The molecular formula is C14H26O2. The zero-order valence-electron chi connectivity index (χ0n) is 11.2. The highest BCUT2D eigenvalue weighted by atomic mass is 16.5. The number of esters is 1. The summed E-state index contributed by atoms with van der Waals surface area (Å²) < 4.78 is 4.89. The monoisotopic (exact) mass is 226 g/mol. The normalized spacial score (nSPS) is 12.0. The van der Waals surface area contributed by atoms with E-state index >= 15 is 0 Å². The molecule has 0 aromatic carbocycles. The number of rotatable bonds is 8. The lowest BCUT2D eigenvalue weighted by atomic mass is 9.98. The molecule has 0 spiro atoms. The Hall–Kier alpha value is -0.790. The van der Waals surface area contributed by atoms with Gasteiger partial charge in [0.15, 0.2) is 0 Å². The molecule has 16 heavy (non-hydrogen) atoms. The standard InChI is InChI=1S/C14H26O2/c1-12(2)8-7-10-13(3)9-5-6-11-16-14(4)15/h8,13H,5-7,9-11H2,1-4H3/t13-/m0/s1. The van der Waals surface area contributed by atoms with E-state index in [9.17, 15) is 4.79 Å². The van der Waals surface area contributed by atoms with E-state index in [0.29, 0.717) is 6.61 Å². The average Bonchev–Trinajstić information content (AvgIpc) is 2.16. The number of carbonyl (C=O) groups is 1. The second-order valence-electron chi connectivity index (χ2n) is 4.80. The van der Waals surface area contributed by atoms with E-state index in [0.717, 1.165) is 18.8 Å². The average molecular weight is 226 g/mol. The predicted molar refractivity (Wildman–Crippen MR) is 68.3 cm³/mol. The van der Waals surface area contributed by atoms with E-state index in [4.69, 9.17) is 4.74 Å². The number of unbranched alkanes of at least 4 members (excludes halogenated alkanes) is 1. The second kappa shape index (κ2) is 9.44. The maximum Gasteiger partial charge on any atom is 0.302 e. The van der Waals surface area contributed by atoms with Gasteiger partial charge in [-0.2, -0.15) is 0 Å². The quantitative estimate of drug-likeness (QED) is 0.354. The van der Waals surface area contributed by atoms with Crippen LogP contribution in [0.25, 0.3) is 0 Å². The Bertz CT molecular complexity index is 215. The summed E-state index contributed by atoms with van der Waals surface area (Å²) in [6.07, 6.45) is 8.13. The van der Waals surface area contributed by atoms with Crippen molar-refractivity contribution < 1.29 is 9.53 Å². The molecule has 0 aliphatic heterocycles. The molecule has 0 heterocycles. The van der Waals surface area contributed by atoms with Crippen LogP contribution in [0.4, 0.5) is 0 Å². The molecule has 0 saturated heterocycles. The van der Waals surface area contributed by atoms with Gasteiger partial charge in [0.1, 0.15) is 0 Å². The van der Waals surface area contributed by atoms with Crippen LogP contribution in [0.1, 0.15) is 59.8 Å². The van der Waals surface area contributed by atoms with E-state index in [2.05, 4.69) is 26.8 Å². The molecule has 0 aliphatic carbocycles. The molecule has 94 valence electrons. The summed E-state index contributed by atoms with van der Waals surface area (Å²) in [6, 6.07) is 0. The minimum absolute atomic E-state index is 0.170. The third kappa shape index (κ3) is 11.3. The highest BCUT2D eigenvalue weighted by Gasteiger charge is 2.01. The van der Waals surface area contributed by atoms with Crippen LogP contribution in [0.2, 0.25) is 0 Å². The molecule has 0 amide bonds. The van der Waals surface area contributed by atoms with Gasteiger partial charge in [0.2, 0.25) is 0 Å². The fraction of sp³-hybridized carbons (Fsp3) is 0.786. The van der Waals surface area contributed by atoms with Gasteiger partial charge >= 0.3 is 5.97 Å². The first-order chi connectivity index (χ1) is 7.52. The maximum absolute atomic E-state index is 10.5. The van der Waals surface area contributed by atoms with Crippen molar-refractivity contribution in [3.05, 3.63) is 11.6 Å². The van der Waals surface area contributed by atoms with Gasteiger partial charge in [0.05, 0.1) is 6.61 Å². The number of hydrogen-bond acceptors (Lipinski definition) is 2. The van der Waals surface area contributed by atoms with Crippen LogP contribution in [-0.2, 0) is 9.53 Å². The van der Waals surface area contributed by atoms with Gasteiger partial charge in [0.25, 0.3) is 0 Å². The summed E-state index contributed by atoms with van der Waals surface area (Å²) in [6.45, 7) is 8.62. The zero-order valence-corrected chi connectivity index (χ0v) is 11.2. The van der Waals surface area contributed by atoms with E-state index in [1.807, 2.05) is 0 Å². The molecular weight excluding hydrogens is 200 g/mol. The van der Waals surface area contributed by atoms with Gasteiger partial charge in [-0.05, 0) is 45.4 Å². The molecule has 0 N–H and O–H groups in total. The van der Waals surface area contributed by atoms with Crippen LogP contribution in [0.3, 0.4) is 0 Å². The van der Waals surface area contributed by atoms with Crippen LogP contribution in [0.5, 0.6) is 0 Å².